The highest BCUT2D eigenvalue weighted by molar-refractivity contribution is 5.23. The molecule has 1 atom stereocenters. The van der Waals surface area contributed by atoms with E-state index < -0.39 is 6.10 Å². The van der Waals surface area contributed by atoms with Gasteiger partial charge in [0.25, 0.3) is 0 Å². The standard InChI is InChI=1S/C7H10N2O2/c1-5-2-8-9-3-6(10)4-11-7(5)9/h2,6,10H,3-4H2,1H3. The predicted octanol–water partition coefficient (Wildman–Crippen LogP) is -0.0552. The Labute approximate surface area is 64.4 Å². The number of aryl methyl sites for hydroxylation is 1. The van der Waals surface area contributed by atoms with Crippen LogP contribution in [0.4, 0.5) is 0 Å². The molecule has 1 N–H and O–H groups in total. The number of hydrogen-bond donors (Lipinski definition) is 1. The minimum Gasteiger partial charge on any atom is -0.475 e. The molecule has 4 heteroatoms. The molecule has 0 spiro atoms. The van der Waals surface area contributed by atoms with Crippen molar-refractivity contribution in [3.8, 4) is 5.88 Å². The van der Waals surface area contributed by atoms with E-state index in [1.54, 1.807) is 10.9 Å². The third kappa shape index (κ3) is 0.991. The number of rotatable bonds is 0. The second kappa shape index (κ2) is 2.23. The van der Waals surface area contributed by atoms with Crippen molar-refractivity contribution in [2.75, 3.05) is 6.61 Å². The SMILES string of the molecule is Cc1cnn2c1OCC(O)C2. The van der Waals surface area contributed by atoms with Crippen LogP contribution in [0.2, 0.25) is 0 Å². The van der Waals surface area contributed by atoms with Crippen LogP contribution >= 0.6 is 0 Å². The smallest absolute Gasteiger partial charge is 0.214 e. The van der Waals surface area contributed by atoms with Gasteiger partial charge in [-0.25, -0.2) is 4.68 Å². The zero-order valence-corrected chi connectivity index (χ0v) is 6.32. The third-order valence-corrected chi connectivity index (χ3v) is 1.76. The maximum atomic E-state index is 9.18. The van der Waals surface area contributed by atoms with Gasteiger partial charge in [0.05, 0.1) is 12.7 Å². The van der Waals surface area contributed by atoms with Gasteiger partial charge in [0.2, 0.25) is 5.88 Å². The third-order valence-electron chi connectivity index (χ3n) is 1.76. The van der Waals surface area contributed by atoms with Gasteiger partial charge in [0, 0.05) is 5.56 Å². The highest BCUT2D eigenvalue weighted by atomic mass is 16.5. The van der Waals surface area contributed by atoms with E-state index >= 15 is 0 Å². The Morgan fingerprint density at radius 1 is 1.82 bits per heavy atom. The van der Waals surface area contributed by atoms with E-state index in [9.17, 15) is 5.11 Å². The fourth-order valence-corrected chi connectivity index (χ4v) is 1.21. The molecule has 1 aliphatic heterocycles. The van der Waals surface area contributed by atoms with E-state index in [2.05, 4.69) is 5.10 Å². The summed E-state index contributed by atoms with van der Waals surface area (Å²) in [5.74, 6) is 0.787. The molecular weight excluding hydrogens is 144 g/mol. The van der Waals surface area contributed by atoms with Crippen molar-refractivity contribution < 1.29 is 9.84 Å². The van der Waals surface area contributed by atoms with Crippen LogP contribution in [-0.4, -0.2) is 27.6 Å². The maximum absolute atomic E-state index is 9.18. The second-order valence-corrected chi connectivity index (χ2v) is 2.78. The Balaban J connectivity index is 2.36. The first-order valence-electron chi connectivity index (χ1n) is 3.60. The van der Waals surface area contributed by atoms with Crippen LogP contribution in [0, 0.1) is 6.92 Å². The van der Waals surface area contributed by atoms with Gasteiger partial charge in [-0.1, -0.05) is 0 Å². The predicted molar refractivity (Wildman–Crippen MR) is 38.5 cm³/mol. The quantitative estimate of drug-likeness (QED) is 0.569. The highest BCUT2D eigenvalue weighted by Crippen LogP contribution is 2.20. The number of ether oxygens (including phenoxy) is 1. The van der Waals surface area contributed by atoms with Gasteiger partial charge in [-0.05, 0) is 6.92 Å². The Bertz CT molecular complexity index is 269. The molecule has 0 saturated heterocycles. The average Bonchev–Trinajstić information content (AvgIpc) is 2.32. The van der Waals surface area contributed by atoms with Crippen LogP contribution in [-0.2, 0) is 6.54 Å². The summed E-state index contributed by atoms with van der Waals surface area (Å²) < 4.78 is 6.94. The monoisotopic (exact) mass is 154 g/mol. The molecule has 0 bridgehead atoms. The Morgan fingerprint density at radius 3 is 3.45 bits per heavy atom. The summed E-state index contributed by atoms with van der Waals surface area (Å²) >= 11 is 0. The van der Waals surface area contributed by atoms with Gasteiger partial charge in [-0.3, -0.25) is 0 Å². The van der Waals surface area contributed by atoms with Crippen LogP contribution in [0.3, 0.4) is 0 Å². The Morgan fingerprint density at radius 2 is 2.64 bits per heavy atom. The van der Waals surface area contributed by atoms with E-state index in [0.717, 1.165) is 11.4 Å². The summed E-state index contributed by atoms with van der Waals surface area (Å²) in [6.07, 6.45) is 1.33. The van der Waals surface area contributed by atoms with Gasteiger partial charge in [0.15, 0.2) is 0 Å². The molecule has 1 aromatic rings. The lowest BCUT2D eigenvalue weighted by Gasteiger charge is -2.20. The Hall–Kier alpha value is -1.03. The van der Waals surface area contributed by atoms with E-state index in [1.165, 1.54) is 0 Å². The summed E-state index contributed by atoms with van der Waals surface area (Å²) in [4.78, 5) is 0. The molecule has 2 heterocycles. The van der Waals surface area contributed by atoms with Crippen molar-refractivity contribution >= 4 is 0 Å². The van der Waals surface area contributed by atoms with Crippen molar-refractivity contribution in [3.63, 3.8) is 0 Å². The topological polar surface area (TPSA) is 47.3 Å². The second-order valence-electron chi connectivity index (χ2n) is 2.78. The van der Waals surface area contributed by atoms with Crippen LogP contribution in [0.25, 0.3) is 0 Å². The van der Waals surface area contributed by atoms with Gasteiger partial charge < -0.3 is 9.84 Å². The summed E-state index contributed by atoms with van der Waals surface area (Å²) in [7, 11) is 0. The summed E-state index contributed by atoms with van der Waals surface area (Å²) in [5.41, 5.74) is 1.02. The number of aliphatic hydroxyl groups excluding tert-OH is 1. The van der Waals surface area contributed by atoms with Crippen molar-refractivity contribution in [1.82, 2.24) is 9.78 Å². The van der Waals surface area contributed by atoms with Crippen LogP contribution < -0.4 is 4.74 Å². The molecule has 1 unspecified atom stereocenters. The summed E-state index contributed by atoms with van der Waals surface area (Å²) in [5, 5.41) is 13.2. The lowest BCUT2D eigenvalue weighted by molar-refractivity contribution is 0.0553. The van der Waals surface area contributed by atoms with Gasteiger partial charge in [-0.15, -0.1) is 0 Å². The molecule has 11 heavy (non-hydrogen) atoms. The van der Waals surface area contributed by atoms with Crippen molar-refractivity contribution in [2.45, 2.75) is 19.6 Å². The van der Waals surface area contributed by atoms with E-state index in [4.69, 9.17) is 4.74 Å². The van der Waals surface area contributed by atoms with Crippen molar-refractivity contribution in [2.24, 2.45) is 0 Å². The molecule has 0 radical (unpaired) electrons. The van der Waals surface area contributed by atoms with Crippen molar-refractivity contribution in [1.29, 1.82) is 0 Å². The molecule has 1 aromatic heterocycles. The zero-order chi connectivity index (χ0) is 7.84. The molecule has 0 aromatic carbocycles. The molecule has 2 rings (SSSR count). The number of aromatic nitrogens is 2. The van der Waals surface area contributed by atoms with Crippen LogP contribution in [0.15, 0.2) is 6.20 Å². The number of fused-ring (bicyclic) bond motifs is 1. The molecule has 60 valence electrons. The van der Waals surface area contributed by atoms with Gasteiger partial charge >= 0.3 is 0 Å². The fraction of sp³-hybridized carbons (Fsp3) is 0.571. The van der Waals surface area contributed by atoms with Crippen molar-refractivity contribution in [3.05, 3.63) is 11.8 Å². The molecule has 0 amide bonds. The van der Waals surface area contributed by atoms with Gasteiger partial charge in [-0.2, -0.15) is 5.10 Å². The first-order valence-corrected chi connectivity index (χ1v) is 3.60. The van der Waals surface area contributed by atoms with Crippen LogP contribution in [0.5, 0.6) is 5.88 Å². The number of aliphatic hydroxyl groups is 1. The molecule has 0 aliphatic carbocycles. The first-order chi connectivity index (χ1) is 5.27. The lowest BCUT2D eigenvalue weighted by Crippen LogP contribution is -2.30. The van der Waals surface area contributed by atoms with E-state index in [1.807, 2.05) is 6.92 Å². The maximum Gasteiger partial charge on any atom is 0.214 e. The lowest BCUT2D eigenvalue weighted by atomic mass is 10.3. The summed E-state index contributed by atoms with van der Waals surface area (Å²) in [6, 6.07) is 0. The fourth-order valence-electron chi connectivity index (χ4n) is 1.21. The van der Waals surface area contributed by atoms with Crippen LogP contribution in [0.1, 0.15) is 5.56 Å². The number of hydrogen-bond acceptors (Lipinski definition) is 3. The minimum atomic E-state index is -0.415. The molecule has 0 saturated carbocycles. The molecule has 1 aliphatic rings. The summed E-state index contributed by atoms with van der Waals surface area (Å²) in [6.45, 7) is 2.87. The van der Waals surface area contributed by atoms with E-state index in [-0.39, 0.29) is 0 Å². The first kappa shape index (κ1) is 6.67. The Kier molecular flexibility index (Phi) is 1.35. The van der Waals surface area contributed by atoms with Gasteiger partial charge in [0.1, 0.15) is 12.7 Å². The highest BCUT2D eigenvalue weighted by Gasteiger charge is 2.19. The average molecular weight is 154 g/mol. The zero-order valence-electron chi connectivity index (χ0n) is 6.32. The van der Waals surface area contributed by atoms with E-state index in [0.29, 0.717) is 13.2 Å². The minimum absolute atomic E-state index is 0.381. The normalized spacial score (nSPS) is 22.5. The molecular formula is C7H10N2O2. The molecule has 4 nitrogen and oxygen atoms in total. The molecule has 0 fully saturated rings. The largest absolute Gasteiger partial charge is 0.475 e. The number of nitrogens with zero attached hydrogens (tertiary/aromatic N) is 2.